The highest BCUT2D eigenvalue weighted by Crippen LogP contribution is 2.29. The van der Waals surface area contributed by atoms with Crippen LogP contribution in [0.25, 0.3) is 16.6 Å². The highest BCUT2D eigenvalue weighted by atomic mass is 32.2. The van der Waals surface area contributed by atoms with Gasteiger partial charge < -0.3 is 14.8 Å². The number of nitrogens with zero attached hydrogens (tertiary/aromatic N) is 2. The Kier molecular flexibility index (Phi) is 6.90. The molecule has 0 bridgehead atoms. The van der Waals surface area contributed by atoms with Crippen molar-refractivity contribution in [2.45, 2.75) is 17.3 Å². The zero-order valence-corrected chi connectivity index (χ0v) is 17.4. The van der Waals surface area contributed by atoms with Gasteiger partial charge in [0.1, 0.15) is 5.75 Å². The Bertz CT molecular complexity index is 1070. The minimum atomic E-state index is -0.458. The Morgan fingerprint density at radius 1 is 1.17 bits per heavy atom. The van der Waals surface area contributed by atoms with E-state index < -0.39 is 5.25 Å². The fourth-order valence-electron chi connectivity index (χ4n) is 2.85. The summed E-state index contributed by atoms with van der Waals surface area (Å²) in [6, 6.07) is 14.4. The molecule has 1 atom stereocenters. The number of aromatic nitrogens is 2. The molecular weight excluding hydrogens is 390 g/mol. The van der Waals surface area contributed by atoms with Crippen LogP contribution in [0.1, 0.15) is 6.92 Å². The monoisotopic (exact) mass is 413 g/mol. The normalized spacial score (nSPS) is 12.0. The van der Waals surface area contributed by atoms with Crippen LogP contribution >= 0.6 is 11.8 Å². The lowest BCUT2D eigenvalue weighted by Crippen LogP contribution is -2.34. The largest absolute Gasteiger partial charge is 0.495 e. The summed E-state index contributed by atoms with van der Waals surface area (Å²) in [5.74, 6) is 0.395. The molecule has 29 heavy (non-hydrogen) atoms. The number of benzene rings is 2. The van der Waals surface area contributed by atoms with Crippen molar-refractivity contribution in [3.05, 3.63) is 58.9 Å². The molecule has 3 rings (SSSR count). The number of ether oxygens (including phenoxy) is 2. The summed E-state index contributed by atoms with van der Waals surface area (Å²) in [7, 11) is 3.13. The van der Waals surface area contributed by atoms with Gasteiger partial charge in [-0.2, -0.15) is 0 Å². The van der Waals surface area contributed by atoms with Crippen LogP contribution < -0.4 is 15.6 Å². The van der Waals surface area contributed by atoms with E-state index in [1.807, 2.05) is 18.2 Å². The number of carbonyl (C=O) groups excluding carboxylic acids is 1. The van der Waals surface area contributed by atoms with Crippen molar-refractivity contribution < 1.29 is 14.3 Å². The minimum absolute atomic E-state index is 0.152. The van der Waals surface area contributed by atoms with Crippen molar-refractivity contribution >= 4 is 28.6 Å². The van der Waals surface area contributed by atoms with Crippen LogP contribution in [0.2, 0.25) is 0 Å². The van der Waals surface area contributed by atoms with E-state index in [2.05, 4.69) is 10.3 Å². The summed E-state index contributed by atoms with van der Waals surface area (Å²) in [6.07, 6.45) is 0. The number of thioether (sulfide) groups is 1. The lowest BCUT2D eigenvalue weighted by Gasteiger charge is -2.18. The van der Waals surface area contributed by atoms with Crippen molar-refractivity contribution in [1.82, 2.24) is 14.9 Å². The Hall–Kier alpha value is -2.84. The van der Waals surface area contributed by atoms with Gasteiger partial charge in [0, 0.05) is 13.7 Å². The zero-order valence-electron chi connectivity index (χ0n) is 16.5. The molecule has 7 nitrogen and oxygen atoms in total. The molecule has 0 saturated carbocycles. The summed E-state index contributed by atoms with van der Waals surface area (Å²) in [5, 5.41) is 3.28. The second kappa shape index (κ2) is 9.58. The first kappa shape index (κ1) is 20.9. The zero-order chi connectivity index (χ0) is 20.8. The number of para-hydroxylation sites is 3. The maximum absolute atomic E-state index is 13.3. The van der Waals surface area contributed by atoms with Crippen molar-refractivity contribution in [2.75, 3.05) is 27.4 Å². The third-order valence-electron chi connectivity index (χ3n) is 4.33. The molecule has 0 saturated heterocycles. The molecule has 2 aromatic carbocycles. The second-order valence-electron chi connectivity index (χ2n) is 6.27. The van der Waals surface area contributed by atoms with Crippen molar-refractivity contribution in [1.29, 1.82) is 0 Å². The topological polar surface area (TPSA) is 82.5 Å². The smallest absolute Gasteiger partial charge is 0.266 e. The van der Waals surface area contributed by atoms with Gasteiger partial charge in [-0.15, -0.1) is 0 Å². The predicted octanol–water partition coefficient (Wildman–Crippen LogP) is 2.64. The maximum Gasteiger partial charge on any atom is 0.266 e. The van der Waals surface area contributed by atoms with Gasteiger partial charge in [-0.3, -0.25) is 14.2 Å². The first-order valence-corrected chi connectivity index (χ1v) is 10.0. The molecule has 0 fully saturated rings. The number of methoxy groups -OCH3 is 2. The fourth-order valence-corrected chi connectivity index (χ4v) is 3.79. The Labute approximate surface area is 173 Å². The van der Waals surface area contributed by atoms with Gasteiger partial charge in [0.25, 0.3) is 5.56 Å². The number of amides is 1. The van der Waals surface area contributed by atoms with E-state index in [9.17, 15) is 9.59 Å². The molecule has 0 unspecified atom stereocenters. The number of rotatable bonds is 8. The van der Waals surface area contributed by atoms with Crippen LogP contribution in [-0.2, 0) is 9.53 Å². The van der Waals surface area contributed by atoms with Crippen molar-refractivity contribution in [3.8, 4) is 11.4 Å². The molecule has 0 aliphatic heterocycles. The van der Waals surface area contributed by atoms with E-state index in [1.54, 1.807) is 51.5 Å². The molecule has 1 heterocycles. The number of hydrogen-bond donors (Lipinski definition) is 1. The minimum Gasteiger partial charge on any atom is -0.495 e. The summed E-state index contributed by atoms with van der Waals surface area (Å²) < 4.78 is 11.9. The average Bonchev–Trinajstić information content (AvgIpc) is 2.74. The first-order chi connectivity index (χ1) is 14.1. The first-order valence-electron chi connectivity index (χ1n) is 9.15. The highest BCUT2D eigenvalue weighted by Gasteiger charge is 2.21. The third-order valence-corrected chi connectivity index (χ3v) is 5.38. The summed E-state index contributed by atoms with van der Waals surface area (Å²) in [5.41, 5.74) is 0.945. The molecule has 3 aromatic rings. The summed E-state index contributed by atoms with van der Waals surface area (Å²) in [6.45, 7) is 2.63. The van der Waals surface area contributed by atoms with Gasteiger partial charge in [-0.1, -0.05) is 36.0 Å². The van der Waals surface area contributed by atoms with E-state index in [-0.39, 0.29) is 11.5 Å². The van der Waals surface area contributed by atoms with Crippen LogP contribution in [0.3, 0.4) is 0 Å². The molecular formula is C21H23N3O4S. The van der Waals surface area contributed by atoms with Crippen molar-refractivity contribution in [2.24, 2.45) is 0 Å². The van der Waals surface area contributed by atoms with Crippen molar-refractivity contribution in [3.63, 3.8) is 0 Å². The van der Waals surface area contributed by atoms with Crippen LogP contribution in [0, 0.1) is 0 Å². The molecule has 0 spiro atoms. The van der Waals surface area contributed by atoms with Gasteiger partial charge in [0.05, 0.1) is 35.6 Å². The van der Waals surface area contributed by atoms with Gasteiger partial charge in [0.15, 0.2) is 5.16 Å². The molecule has 0 aliphatic rings. The maximum atomic E-state index is 13.3. The number of carbonyl (C=O) groups is 1. The highest BCUT2D eigenvalue weighted by molar-refractivity contribution is 8.00. The van der Waals surface area contributed by atoms with Gasteiger partial charge in [-0.05, 0) is 31.2 Å². The van der Waals surface area contributed by atoms with Crippen LogP contribution in [0.15, 0.2) is 58.5 Å². The molecule has 1 N–H and O–H groups in total. The Morgan fingerprint density at radius 2 is 1.90 bits per heavy atom. The fraction of sp³-hybridized carbons (Fsp3) is 0.286. The standard InChI is InChI=1S/C21H23N3O4S/c1-14(19(25)22-12-13-27-2)29-21-23-16-9-5-4-8-15(16)20(26)24(21)17-10-6-7-11-18(17)28-3/h4-11,14H,12-13H2,1-3H3,(H,22,25)/t14-/m1/s1. The SMILES string of the molecule is COCCNC(=O)[C@@H](C)Sc1nc2ccccc2c(=O)n1-c1ccccc1OC. The van der Waals surface area contributed by atoms with Gasteiger partial charge in [0.2, 0.25) is 5.91 Å². The Balaban J connectivity index is 2.08. The van der Waals surface area contributed by atoms with Crippen LogP contribution in [0.4, 0.5) is 0 Å². The Morgan fingerprint density at radius 3 is 2.66 bits per heavy atom. The molecule has 8 heteroatoms. The van der Waals surface area contributed by atoms with Gasteiger partial charge >= 0.3 is 0 Å². The summed E-state index contributed by atoms with van der Waals surface area (Å²) >= 11 is 1.22. The van der Waals surface area contributed by atoms with E-state index in [1.165, 1.54) is 16.3 Å². The van der Waals surface area contributed by atoms with E-state index in [4.69, 9.17) is 9.47 Å². The number of nitrogens with one attached hydrogen (secondary N) is 1. The lowest BCUT2D eigenvalue weighted by atomic mass is 10.2. The molecule has 1 amide bonds. The molecule has 152 valence electrons. The molecule has 1 aromatic heterocycles. The predicted molar refractivity (Wildman–Crippen MR) is 114 cm³/mol. The number of fused-ring (bicyclic) bond motifs is 1. The van der Waals surface area contributed by atoms with E-state index in [0.717, 1.165) is 0 Å². The molecule has 0 radical (unpaired) electrons. The second-order valence-corrected chi connectivity index (χ2v) is 7.58. The van der Waals surface area contributed by atoms with E-state index >= 15 is 0 Å². The third kappa shape index (κ3) is 4.60. The van der Waals surface area contributed by atoms with E-state index in [0.29, 0.717) is 40.6 Å². The lowest BCUT2D eigenvalue weighted by molar-refractivity contribution is -0.120. The summed E-state index contributed by atoms with van der Waals surface area (Å²) in [4.78, 5) is 30.4. The van der Waals surface area contributed by atoms with Crippen LogP contribution in [-0.4, -0.2) is 48.1 Å². The quantitative estimate of drug-likeness (QED) is 0.347. The average molecular weight is 413 g/mol. The number of hydrogen-bond acceptors (Lipinski definition) is 6. The van der Waals surface area contributed by atoms with Crippen LogP contribution in [0.5, 0.6) is 5.75 Å². The van der Waals surface area contributed by atoms with Gasteiger partial charge in [-0.25, -0.2) is 4.98 Å². The molecule has 0 aliphatic carbocycles.